The third-order valence-corrected chi connectivity index (χ3v) is 3.59. The van der Waals surface area contributed by atoms with Gasteiger partial charge in [-0.1, -0.05) is 42.0 Å². The molecule has 0 amide bonds. The average Bonchev–Trinajstić information content (AvgIpc) is 2.81. The number of hydrogen-bond donors (Lipinski definition) is 1. The van der Waals surface area contributed by atoms with Gasteiger partial charge in [0.25, 0.3) is 0 Å². The molecule has 3 rings (SSSR count). The monoisotopic (exact) mass is 302 g/mol. The molecule has 3 aromatic rings. The Balaban J connectivity index is 0.00000161. The van der Waals surface area contributed by atoms with E-state index >= 15 is 0 Å². The molecule has 0 spiro atoms. The Bertz CT molecular complexity index is 719. The van der Waals surface area contributed by atoms with Crippen molar-refractivity contribution in [2.24, 2.45) is 0 Å². The van der Waals surface area contributed by atoms with Crippen LogP contribution in [0.3, 0.4) is 0 Å². The van der Waals surface area contributed by atoms with Crippen molar-refractivity contribution in [2.75, 3.05) is 6.61 Å². The quantitative estimate of drug-likeness (QED) is 0.634. The molecule has 0 fully saturated rings. The van der Waals surface area contributed by atoms with E-state index in [1.165, 1.54) is 16.6 Å². The maximum absolute atomic E-state index is 9.18. The Labute approximate surface area is 130 Å². The van der Waals surface area contributed by atoms with E-state index in [-0.39, 0.29) is 19.0 Å². The molecule has 0 radical (unpaired) electrons. The van der Waals surface area contributed by atoms with Gasteiger partial charge < -0.3 is 17.5 Å². The van der Waals surface area contributed by atoms with Gasteiger partial charge in [0.1, 0.15) is 13.1 Å². The van der Waals surface area contributed by atoms with E-state index in [0.717, 1.165) is 12.1 Å². The molecule has 110 valence electrons. The van der Waals surface area contributed by atoms with E-state index in [2.05, 4.69) is 64.8 Å². The molecule has 0 saturated carbocycles. The molecule has 21 heavy (non-hydrogen) atoms. The number of aromatic nitrogens is 2. The van der Waals surface area contributed by atoms with Crippen LogP contribution in [-0.2, 0) is 13.1 Å². The smallest absolute Gasteiger partial charge is 0.245 e. The van der Waals surface area contributed by atoms with Crippen LogP contribution in [0, 0.1) is 6.92 Å². The first-order valence-electron chi connectivity index (χ1n) is 6.91. The zero-order valence-corrected chi connectivity index (χ0v) is 12.8. The molecular formula is C17H19ClN2O. The second kappa shape index (κ2) is 6.74. The number of hydrogen-bond acceptors (Lipinski definition) is 1. The third-order valence-electron chi connectivity index (χ3n) is 3.59. The topological polar surface area (TPSA) is 29.0 Å². The number of rotatable bonds is 4. The maximum atomic E-state index is 9.18. The summed E-state index contributed by atoms with van der Waals surface area (Å²) in [5, 5.41) is 9.18. The van der Waals surface area contributed by atoms with Crippen molar-refractivity contribution in [3.8, 4) is 0 Å². The number of benzene rings is 2. The van der Waals surface area contributed by atoms with Gasteiger partial charge in [-0.25, -0.2) is 9.13 Å². The Hall–Kier alpha value is -1.84. The summed E-state index contributed by atoms with van der Waals surface area (Å²) in [6.45, 7) is 3.73. The van der Waals surface area contributed by atoms with E-state index in [4.69, 9.17) is 0 Å². The predicted molar refractivity (Wildman–Crippen MR) is 79.5 cm³/mol. The molecule has 0 saturated heterocycles. The third kappa shape index (κ3) is 3.26. The minimum absolute atomic E-state index is 0. The van der Waals surface area contributed by atoms with Crippen LogP contribution >= 0.6 is 0 Å². The van der Waals surface area contributed by atoms with E-state index < -0.39 is 0 Å². The van der Waals surface area contributed by atoms with Crippen LogP contribution < -0.4 is 17.0 Å². The summed E-state index contributed by atoms with van der Waals surface area (Å²) in [6, 6.07) is 16.9. The number of aliphatic hydroxyl groups excluding tert-OH is 1. The van der Waals surface area contributed by atoms with Crippen molar-refractivity contribution >= 4 is 11.0 Å². The van der Waals surface area contributed by atoms with Crippen molar-refractivity contribution in [3.05, 3.63) is 66.0 Å². The van der Waals surface area contributed by atoms with Gasteiger partial charge in [-0.05, 0) is 24.6 Å². The maximum Gasteiger partial charge on any atom is 0.245 e. The fraction of sp³-hybridized carbons (Fsp3) is 0.235. The van der Waals surface area contributed by atoms with Gasteiger partial charge in [-0.2, -0.15) is 0 Å². The van der Waals surface area contributed by atoms with Crippen molar-refractivity contribution in [1.82, 2.24) is 4.57 Å². The number of aryl methyl sites for hydroxylation is 1. The van der Waals surface area contributed by atoms with Gasteiger partial charge in [0, 0.05) is 0 Å². The van der Waals surface area contributed by atoms with Crippen LogP contribution in [0.15, 0.2) is 54.9 Å². The summed E-state index contributed by atoms with van der Waals surface area (Å²) in [5.41, 5.74) is 4.92. The molecule has 1 aromatic heterocycles. The minimum Gasteiger partial charge on any atom is -1.00 e. The molecule has 1 N–H and O–H groups in total. The van der Waals surface area contributed by atoms with Gasteiger partial charge in [0.05, 0.1) is 6.61 Å². The normalized spacial score (nSPS) is 10.6. The molecule has 2 aromatic carbocycles. The lowest BCUT2D eigenvalue weighted by Crippen LogP contribution is -3.00. The molecule has 3 nitrogen and oxygen atoms in total. The second-order valence-corrected chi connectivity index (χ2v) is 5.13. The predicted octanol–water partition coefficient (Wildman–Crippen LogP) is -0.718. The van der Waals surface area contributed by atoms with Crippen LogP contribution in [0.4, 0.5) is 0 Å². The number of nitrogens with zero attached hydrogens (tertiary/aromatic N) is 2. The van der Waals surface area contributed by atoms with Crippen molar-refractivity contribution in [2.45, 2.75) is 20.0 Å². The van der Waals surface area contributed by atoms with Gasteiger partial charge in [0.2, 0.25) is 6.33 Å². The van der Waals surface area contributed by atoms with E-state index in [1.54, 1.807) is 0 Å². The first-order chi connectivity index (χ1) is 9.78. The zero-order valence-electron chi connectivity index (χ0n) is 12.0. The highest BCUT2D eigenvalue weighted by Gasteiger charge is 2.14. The minimum atomic E-state index is 0. The zero-order chi connectivity index (χ0) is 13.9. The Morgan fingerprint density at radius 3 is 2.48 bits per heavy atom. The molecule has 0 bridgehead atoms. The van der Waals surface area contributed by atoms with Gasteiger partial charge in [-0.15, -0.1) is 0 Å². The largest absolute Gasteiger partial charge is 1.00 e. The van der Waals surface area contributed by atoms with Crippen LogP contribution in [0.25, 0.3) is 11.0 Å². The molecule has 0 aliphatic heterocycles. The fourth-order valence-corrected chi connectivity index (χ4v) is 2.54. The SMILES string of the molecule is Cc1ccc(C[n+]2cn(CCO)c3ccccc32)cc1.[Cl-]. The van der Waals surface area contributed by atoms with E-state index in [9.17, 15) is 5.11 Å². The van der Waals surface area contributed by atoms with Gasteiger partial charge in [0.15, 0.2) is 11.0 Å². The number of para-hydroxylation sites is 2. The summed E-state index contributed by atoms with van der Waals surface area (Å²) in [4.78, 5) is 0. The van der Waals surface area contributed by atoms with Crippen LogP contribution in [0.1, 0.15) is 11.1 Å². The highest BCUT2D eigenvalue weighted by atomic mass is 35.5. The highest BCUT2D eigenvalue weighted by Crippen LogP contribution is 2.12. The average molecular weight is 303 g/mol. The van der Waals surface area contributed by atoms with Crippen molar-refractivity contribution < 1.29 is 22.1 Å². The molecule has 0 unspecified atom stereocenters. The number of halogens is 1. The molecule has 1 heterocycles. The lowest BCUT2D eigenvalue weighted by molar-refractivity contribution is -0.663. The van der Waals surface area contributed by atoms with Crippen molar-refractivity contribution in [3.63, 3.8) is 0 Å². The highest BCUT2D eigenvalue weighted by molar-refractivity contribution is 5.71. The first kappa shape index (κ1) is 15.5. The molecule has 0 atom stereocenters. The lowest BCUT2D eigenvalue weighted by Gasteiger charge is -1.99. The number of aliphatic hydroxyl groups is 1. The second-order valence-electron chi connectivity index (χ2n) is 5.13. The summed E-state index contributed by atoms with van der Waals surface area (Å²) in [5.74, 6) is 0. The van der Waals surface area contributed by atoms with Crippen LogP contribution in [-0.4, -0.2) is 16.3 Å². The van der Waals surface area contributed by atoms with E-state index in [1.807, 2.05) is 6.07 Å². The molecule has 0 aliphatic rings. The fourth-order valence-electron chi connectivity index (χ4n) is 2.54. The summed E-state index contributed by atoms with van der Waals surface area (Å²) in [6.07, 6.45) is 2.08. The van der Waals surface area contributed by atoms with E-state index in [0.29, 0.717) is 6.54 Å². The summed E-state index contributed by atoms with van der Waals surface area (Å²) in [7, 11) is 0. The lowest BCUT2D eigenvalue weighted by atomic mass is 10.1. The van der Waals surface area contributed by atoms with Crippen LogP contribution in [0.2, 0.25) is 0 Å². The summed E-state index contributed by atoms with van der Waals surface area (Å²) >= 11 is 0. The van der Waals surface area contributed by atoms with Gasteiger partial charge >= 0.3 is 0 Å². The first-order valence-corrected chi connectivity index (χ1v) is 6.91. The Morgan fingerprint density at radius 1 is 1.05 bits per heavy atom. The van der Waals surface area contributed by atoms with Crippen LogP contribution in [0.5, 0.6) is 0 Å². The molecular weight excluding hydrogens is 284 g/mol. The Kier molecular flexibility index (Phi) is 4.99. The summed E-state index contributed by atoms with van der Waals surface area (Å²) < 4.78 is 4.33. The number of fused-ring (bicyclic) bond motifs is 1. The standard InChI is InChI=1S/C17H19N2O.ClH/c1-14-6-8-15(9-7-14)12-19-13-18(10-11-20)16-4-2-3-5-17(16)19;/h2-9,13,20H,10-12H2,1H3;1H/q+1;/p-1. The number of imidazole rings is 1. The van der Waals surface area contributed by atoms with Crippen molar-refractivity contribution in [1.29, 1.82) is 0 Å². The Morgan fingerprint density at radius 2 is 1.76 bits per heavy atom. The van der Waals surface area contributed by atoms with Gasteiger partial charge in [-0.3, -0.25) is 0 Å². The molecule has 4 heteroatoms. The molecule has 0 aliphatic carbocycles.